The van der Waals surface area contributed by atoms with Crippen LogP contribution in [-0.2, 0) is 8.85 Å². The first kappa shape index (κ1) is 23.3. The Kier molecular flexibility index (Phi) is 5.91. The lowest BCUT2D eigenvalue weighted by Gasteiger charge is -2.51. The Labute approximate surface area is 202 Å². The third kappa shape index (κ3) is 3.57. The zero-order valence-corrected chi connectivity index (χ0v) is 22.7. The topological polar surface area (TPSA) is 18.5 Å². The van der Waals surface area contributed by atoms with Crippen molar-refractivity contribution < 1.29 is 8.85 Å². The van der Waals surface area contributed by atoms with Gasteiger partial charge in [-0.25, -0.2) is 0 Å². The first-order chi connectivity index (χ1) is 15.7. The predicted molar refractivity (Wildman–Crippen MR) is 140 cm³/mol. The number of aryl methyl sites for hydroxylation is 6. The Morgan fingerprint density at radius 2 is 0.818 bits per heavy atom. The van der Waals surface area contributed by atoms with Crippen LogP contribution in [0.3, 0.4) is 0 Å². The molecular weight excluding hydrogens is 420 g/mol. The van der Waals surface area contributed by atoms with E-state index in [1.54, 1.807) is 0 Å². The van der Waals surface area contributed by atoms with Crippen LogP contribution in [0.2, 0.25) is 0 Å². The van der Waals surface area contributed by atoms with E-state index < -0.39 is 8.56 Å². The molecule has 0 radical (unpaired) electrons. The van der Waals surface area contributed by atoms with Gasteiger partial charge in [0.1, 0.15) is 0 Å². The molecule has 33 heavy (non-hydrogen) atoms. The van der Waals surface area contributed by atoms with Gasteiger partial charge in [0.25, 0.3) is 0 Å². The summed E-state index contributed by atoms with van der Waals surface area (Å²) >= 11 is 0. The first-order valence-electron chi connectivity index (χ1n) is 13.3. The van der Waals surface area contributed by atoms with Crippen LogP contribution in [0.15, 0.2) is 24.3 Å². The molecule has 0 bridgehead atoms. The second-order valence-electron chi connectivity index (χ2n) is 11.5. The summed E-state index contributed by atoms with van der Waals surface area (Å²) in [4.78, 5) is 0. The van der Waals surface area contributed by atoms with Gasteiger partial charge in [-0.2, -0.15) is 0 Å². The maximum absolute atomic E-state index is 7.76. The SMILES string of the molecule is Cc1cc(C)c([Si-]2(c3c(C)cc(C)cc3C)OC3(CCCCC3)C3(CCCCC3)O2)c(C)c1. The molecule has 3 heteroatoms. The summed E-state index contributed by atoms with van der Waals surface area (Å²) in [6.07, 6.45) is 12.4. The number of rotatable bonds is 2. The monoisotopic (exact) mass is 462 g/mol. The second kappa shape index (κ2) is 8.36. The van der Waals surface area contributed by atoms with Crippen molar-refractivity contribution in [3.63, 3.8) is 0 Å². The van der Waals surface area contributed by atoms with Gasteiger partial charge in [-0.15, -0.1) is 10.4 Å². The van der Waals surface area contributed by atoms with Crippen LogP contribution in [0.5, 0.6) is 0 Å². The van der Waals surface area contributed by atoms with E-state index in [1.807, 2.05) is 0 Å². The third-order valence-electron chi connectivity index (χ3n) is 8.84. The Bertz CT molecular complexity index is 925. The summed E-state index contributed by atoms with van der Waals surface area (Å²) in [7, 11) is -2.93. The van der Waals surface area contributed by atoms with Gasteiger partial charge in [-0.3, -0.25) is 0 Å². The first-order valence-corrected chi connectivity index (χ1v) is 15.1. The highest BCUT2D eigenvalue weighted by Gasteiger charge is 2.61. The summed E-state index contributed by atoms with van der Waals surface area (Å²) in [6.45, 7) is 13.6. The minimum absolute atomic E-state index is 0.120. The molecule has 2 spiro atoms. The van der Waals surface area contributed by atoms with Crippen LogP contribution in [0.4, 0.5) is 0 Å². The minimum atomic E-state index is -2.93. The van der Waals surface area contributed by atoms with Crippen molar-refractivity contribution in [2.45, 2.75) is 117 Å². The molecule has 1 saturated heterocycles. The highest BCUT2D eigenvalue weighted by atomic mass is 28.4. The van der Waals surface area contributed by atoms with E-state index in [1.165, 1.54) is 82.3 Å². The van der Waals surface area contributed by atoms with Crippen LogP contribution < -0.4 is 10.4 Å². The van der Waals surface area contributed by atoms with Crippen LogP contribution in [-0.4, -0.2) is 19.8 Å². The molecule has 1 aliphatic heterocycles. The van der Waals surface area contributed by atoms with Crippen LogP contribution >= 0.6 is 0 Å². The maximum Gasteiger partial charge on any atom is 0.191 e. The van der Waals surface area contributed by atoms with E-state index in [-0.39, 0.29) is 11.2 Å². The fraction of sp³-hybridized carbons (Fsp3) is 0.600. The summed E-state index contributed by atoms with van der Waals surface area (Å²) in [5, 5.41) is 2.77. The molecule has 2 nitrogen and oxygen atoms in total. The minimum Gasteiger partial charge on any atom is -0.532 e. The molecule has 2 aromatic rings. The molecule has 3 aliphatic rings. The van der Waals surface area contributed by atoms with Crippen LogP contribution in [0.1, 0.15) is 97.6 Å². The molecule has 0 N–H and O–H groups in total. The van der Waals surface area contributed by atoms with Gasteiger partial charge >= 0.3 is 0 Å². The summed E-state index contributed by atoms with van der Waals surface area (Å²) in [6, 6.07) is 9.40. The van der Waals surface area contributed by atoms with Gasteiger partial charge in [-0.05, 0) is 67.2 Å². The van der Waals surface area contributed by atoms with Gasteiger partial charge in [0.05, 0.1) is 11.2 Å². The number of benzene rings is 2. The molecule has 179 valence electrons. The number of hydrogen-bond acceptors (Lipinski definition) is 2. The smallest absolute Gasteiger partial charge is 0.191 e. The molecule has 0 unspecified atom stereocenters. The highest BCUT2D eigenvalue weighted by Crippen LogP contribution is 2.56. The van der Waals surface area contributed by atoms with E-state index in [4.69, 9.17) is 8.85 Å². The molecule has 2 aliphatic carbocycles. The van der Waals surface area contributed by atoms with E-state index in [0.29, 0.717) is 0 Å². The van der Waals surface area contributed by atoms with E-state index in [9.17, 15) is 0 Å². The summed E-state index contributed by atoms with van der Waals surface area (Å²) in [5.74, 6) is 0. The zero-order chi connectivity index (χ0) is 23.4. The zero-order valence-electron chi connectivity index (χ0n) is 21.7. The highest BCUT2D eigenvalue weighted by molar-refractivity contribution is 6.94. The molecule has 2 aromatic carbocycles. The Morgan fingerprint density at radius 1 is 0.515 bits per heavy atom. The molecule has 1 heterocycles. The molecule has 0 aromatic heterocycles. The predicted octanol–water partition coefficient (Wildman–Crippen LogP) is 6.55. The van der Waals surface area contributed by atoms with Gasteiger partial charge in [0.2, 0.25) is 0 Å². The standard InChI is InChI=1S/C30H42O2Si/c1-21-17-23(3)27(24(4)18-21)33(28-25(5)19-22(2)20-26(28)6)31-29(13-9-7-10-14-29)30(32-33)15-11-8-12-16-30/h17-20H,7-16H2,1-6H3/q-1. The molecule has 3 fully saturated rings. The van der Waals surface area contributed by atoms with Crippen LogP contribution in [0, 0.1) is 41.5 Å². The molecule has 2 saturated carbocycles. The number of hydrogen-bond donors (Lipinski definition) is 0. The van der Waals surface area contributed by atoms with E-state index >= 15 is 0 Å². The second-order valence-corrected chi connectivity index (χ2v) is 14.1. The molecule has 5 rings (SSSR count). The fourth-order valence-corrected chi connectivity index (χ4v) is 12.8. The average molecular weight is 463 g/mol. The van der Waals surface area contributed by atoms with Crippen LogP contribution in [0.25, 0.3) is 0 Å². The number of fused-ring (bicyclic) bond motifs is 1. The molecule has 0 atom stereocenters. The molecular formula is C30H42O2Si-. The summed E-state index contributed by atoms with van der Waals surface area (Å²) in [5.41, 5.74) is 7.79. The largest absolute Gasteiger partial charge is 0.532 e. The van der Waals surface area contributed by atoms with Crippen molar-refractivity contribution in [1.82, 2.24) is 0 Å². The lowest BCUT2D eigenvalue weighted by Crippen LogP contribution is -2.65. The van der Waals surface area contributed by atoms with Gasteiger partial charge in [0, 0.05) is 0 Å². The Balaban J connectivity index is 1.81. The van der Waals surface area contributed by atoms with E-state index in [0.717, 1.165) is 25.7 Å². The van der Waals surface area contributed by atoms with Crippen molar-refractivity contribution in [3.8, 4) is 0 Å². The van der Waals surface area contributed by atoms with Crippen molar-refractivity contribution >= 4 is 18.9 Å². The Morgan fingerprint density at radius 3 is 1.12 bits per heavy atom. The van der Waals surface area contributed by atoms with Gasteiger partial charge in [0.15, 0.2) is 8.56 Å². The normalized spacial score (nSPS) is 23.3. The van der Waals surface area contributed by atoms with Gasteiger partial charge < -0.3 is 8.85 Å². The third-order valence-corrected chi connectivity index (χ3v) is 13.1. The quantitative estimate of drug-likeness (QED) is 0.471. The maximum atomic E-state index is 7.76. The Hall–Kier alpha value is -1.42. The average Bonchev–Trinajstić information content (AvgIpc) is 2.96. The fourth-order valence-electron chi connectivity index (χ4n) is 7.85. The van der Waals surface area contributed by atoms with E-state index in [2.05, 4.69) is 65.8 Å². The van der Waals surface area contributed by atoms with Gasteiger partial charge in [-0.1, -0.05) is 96.2 Å². The van der Waals surface area contributed by atoms with Crippen molar-refractivity contribution in [1.29, 1.82) is 0 Å². The lowest BCUT2D eigenvalue weighted by molar-refractivity contribution is -0.0923. The lowest BCUT2D eigenvalue weighted by atomic mass is 9.66. The van der Waals surface area contributed by atoms with Crippen molar-refractivity contribution in [2.75, 3.05) is 0 Å². The summed E-state index contributed by atoms with van der Waals surface area (Å²) < 4.78 is 15.5. The van der Waals surface area contributed by atoms with Crippen molar-refractivity contribution in [3.05, 3.63) is 57.6 Å². The van der Waals surface area contributed by atoms with Crippen molar-refractivity contribution in [2.24, 2.45) is 0 Å². The molecule has 0 amide bonds.